The van der Waals surface area contributed by atoms with Gasteiger partial charge in [0.15, 0.2) is 11.5 Å². The summed E-state index contributed by atoms with van der Waals surface area (Å²) in [4.78, 5) is 36.6. The number of hydrogen-bond donors (Lipinski definition) is 0. The molecule has 214 valence electrons. The maximum atomic E-state index is 13.5. The van der Waals surface area contributed by atoms with Gasteiger partial charge >= 0.3 is 11.9 Å². The van der Waals surface area contributed by atoms with Crippen molar-refractivity contribution in [1.82, 2.24) is 9.97 Å². The van der Waals surface area contributed by atoms with Crippen LogP contribution in [0.1, 0.15) is 44.6 Å². The molecule has 0 radical (unpaired) electrons. The molecule has 0 unspecified atom stereocenters. The number of methoxy groups -OCH3 is 1. The van der Waals surface area contributed by atoms with Gasteiger partial charge in [0.25, 0.3) is 0 Å². The van der Waals surface area contributed by atoms with Gasteiger partial charge in [-0.25, -0.2) is 14.8 Å². The number of fused-ring (bicyclic) bond motifs is 5. The summed E-state index contributed by atoms with van der Waals surface area (Å²) in [6, 6.07) is 22.5. The molecule has 0 amide bonds. The summed E-state index contributed by atoms with van der Waals surface area (Å²) >= 11 is 0. The summed E-state index contributed by atoms with van der Waals surface area (Å²) in [5.74, 6) is -0.653. The average Bonchev–Trinajstić information content (AvgIpc) is 3.64. The lowest BCUT2D eigenvalue weighted by atomic mass is 9.66. The SMILES string of the molecule is COc1cc([C@@H]2c3cc4c(cc3[C@@H](OC(=O)c3cccc(C)c3)[C@H]3COC(=O)[C@H]23)OCO4)cc2nc3ccccc3nc12. The summed E-state index contributed by atoms with van der Waals surface area (Å²) in [6.45, 7) is 2.12. The Labute approximate surface area is 246 Å². The van der Waals surface area contributed by atoms with Gasteiger partial charge in [-0.05, 0) is 66.6 Å². The Morgan fingerprint density at radius 1 is 0.860 bits per heavy atom. The van der Waals surface area contributed by atoms with Gasteiger partial charge in [0.1, 0.15) is 17.4 Å². The molecule has 2 aliphatic heterocycles. The van der Waals surface area contributed by atoms with E-state index in [2.05, 4.69) is 0 Å². The first-order valence-corrected chi connectivity index (χ1v) is 14.1. The van der Waals surface area contributed by atoms with Crippen molar-refractivity contribution in [2.75, 3.05) is 20.5 Å². The molecule has 1 aromatic heterocycles. The van der Waals surface area contributed by atoms with Crippen LogP contribution in [0.25, 0.3) is 22.1 Å². The van der Waals surface area contributed by atoms with Crippen LogP contribution in [0.5, 0.6) is 17.2 Å². The van der Waals surface area contributed by atoms with E-state index in [4.69, 9.17) is 33.7 Å². The molecule has 3 heterocycles. The number of aromatic nitrogens is 2. The Balaban J connectivity index is 1.31. The van der Waals surface area contributed by atoms with Gasteiger partial charge in [0.2, 0.25) is 6.79 Å². The third kappa shape index (κ3) is 4.06. The fraction of sp³-hybridized carbons (Fsp3) is 0.235. The predicted molar refractivity (Wildman–Crippen MR) is 155 cm³/mol. The second-order valence-corrected chi connectivity index (χ2v) is 11.1. The molecule has 1 aliphatic carbocycles. The molecule has 9 heteroatoms. The van der Waals surface area contributed by atoms with Crippen LogP contribution in [0.15, 0.2) is 72.8 Å². The number of cyclic esters (lactones) is 1. The summed E-state index contributed by atoms with van der Waals surface area (Å²) in [5, 5.41) is 0. The van der Waals surface area contributed by atoms with Crippen molar-refractivity contribution < 1.29 is 33.3 Å². The number of hydrogen-bond acceptors (Lipinski definition) is 9. The molecule has 43 heavy (non-hydrogen) atoms. The normalized spacial score (nSPS) is 21.8. The van der Waals surface area contributed by atoms with Gasteiger partial charge in [-0.15, -0.1) is 0 Å². The number of rotatable bonds is 4. The van der Waals surface area contributed by atoms with Crippen LogP contribution in [0.2, 0.25) is 0 Å². The first-order chi connectivity index (χ1) is 21.0. The maximum absolute atomic E-state index is 13.5. The van der Waals surface area contributed by atoms with Crippen molar-refractivity contribution in [2.45, 2.75) is 18.9 Å². The molecule has 0 bridgehead atoms. The number of carbonyl (C=O) groups excluding carboxylic acids is 2. The van der Waals surface area contributed by atoms with Gasteiger partial charge in [0.05, 0.1) is 41.7 Å². The molecule has 4 atom stereocenters. The van der Waals surface area contributed by atoms with Crippen molar-refractivity contribution in [3.63, 3.8) is 0 Å². The van der Waals surface area contributed by atoms with E-state index in [0.717, 1.165) is 33.3 Å². The summed E-state index contributed by atoms with van der Waals surface area (Å²) in [6.07, 6.45) is -0.740. The molecule has 3 aliphatic rings. The van der Waals surface area contributed by atoms with Crippen molar-refractivity contribution in [2.24, 2.45) is 11.8 Å². The van der Waals surface area contributed by atoms with Crippen LogP contribution in [0.3, 0.4) is 0 Å². The minimum atomic E-state index is -0.740. The molecule has 0 spiro atoms. The van der Waals surface area contributed by atoms with Crippen LogP contribution in [-0.4, -0.2) is 42.4 Å². The second-order valence-electron chi connectivity index (χ2n) is 11.1. The number of ether oxygens (including phenoxy) is 5. The Morgan fingerprint density at radius 2 is 1.63 bits per heavy atom. The topological polar surface area (TPSA) is 106 Å². The van der Waals surface area contributed by atoms with E-state index in [1.54, 1.807) is 19.2 Å². The number of esters is 2. The minimum absolute atomic E-state index is 0.0813. The molecule has 1 fully saturated rings. The predicted octanol–water partition coefficient (Wildman–Crippen LogP) is 5.66. The smallest absolute Gasteiger partial charge is 0.338 e. The van der Waals surface area contributed by atoms with Gasteiger partial charge in [-0.1, -0.05) is 29.8 Å². The Bertz CT molecular complexity index is 1970. The lowest BCUT2D eigenvalue weighted by molar-refractivity contribution is -0.141. The van der Waals surface area contributed by atoms with Crippen molar-refractivity contribution in [1.29, 1.82) is 0 Å². The first kappa shape index (κ1) is 25.5. The lowest BCUT2D eigenvalue weighted by Crippen LogP contribution is -2.36. The van der Waals surface area contributed by atoms with E-state index in [1.165, 1.54) is 0 Å². The molecule has 4 aromatic carbocycles. The number of benzene rings is 4. The van der Waals surface area contributed by atoms with Crippen molar-refractivity contribution in [3.8, 4) is 17.2 Å². The maximum Gasteiger partial charge on any atom is 0.338 e. The zero-order valence-electron chi connectivity index (χ0n) is 23.4. The highest BCUT2D eigenvalue weighted by Crippen LogP contribution is 2.56. The van der Waals surface area contributed by atoms with Crippen molar-refractivity contribution in [3.05, 3.63) is 101 Å². The van der Waals surface area contributed by atoms with Gasteiger partial charge < -0.3 is 23.7 Å². The monoisotopic (exact) mass is 574 g/mol. The molecule has 0 N–H and O–H groups in total. The number of nitrogens with zero attached hydrogens (tertiary/aromatic N) is 2. The molecular formula is C34H26N2O7. The Hall–Kier alpha value is -5.18. The van der Waals surface area contributed by atoms with Gasteiger partial charge in [-0.2, -0.15) is 0 Å². The van der Waals surface area contributed by atoms with Crippen LogP contribution < -0.4 is 14.2 Å². The second kappa shape index (κ2) is 9.69. The zero-order chi connectivity index (χ0) is 29.2. The van der Waals surface area contributed by atoms with Crippen LogP contribution in [-0.2, 0) is 14.3 Å². The van der Waals surface area contributed by atoms with E-state index in [0.29, 0.717) is 33.8 Å². The first-order valence-electron chi connectivity index (χ1n) is 14.1. The highest BCUT2D eigenvalue weighted by Gasteiger charge is 2.54. The molecule has 9 nitrogen and oxygen atoms in total. The van der Waals surface area contributed by atoms with E-state index in [1.807, 2.05) is 67.6 Å². The molecule has 8 rings (SSSR count). The average molecular weight is 575 g/mol. The fourth-order valence-corrected chi connectivity index (χ4v) is 6.67. The van der Waals surface area contributed by atoms with Crippen LogP contribution in [0, 0.1) is 18.8 Å². The summed E-state index contributed by atoms with van der Waals surface area (Å²) in [7, 11) is 1.59. The van der Waals surface area contributed by atoms with Crippen LogP contribution >= 0.6 is 0 Å². The van der Waals surface area contributed by atoms with E-state index >= 15 is 0 Å². The number of para-hydroxylation sites is 2. The number of aryl methyl sites for hydroxylation is 1. The molecular weight excluding hydrogens is 548 g/mol. The lowest BCUT2D eigenvalue weighted by Gasteiger charge is -2.38. The van der Waals surface area contributed by atoms with Gasteiger partial charge in [-0.3, -0.25) is 4.79 Å². The zero-order valence-corrected chi connectivity index (χ0v) is 23.4. The Kier molecular flexibility index (Phi) is 5.75. The molecule has 1 saturated heterocycles. The minimum Gasteiger partial charge on any atom is -0.494 e. The summed E-state index contributed by atoms with van der Waals surface area (Å²) in [5.41, 5.74) is 6.52. The quantitative estimate of drug-likeness (QED) is 0.199. The highest BCUT2D eigenvalue weighted by molar-refractivity contribution is 5.91. The standard InChI is InChI=1S/C34H26N2O7/c1-17-6-5-7-18(10-17)33(37)43-32-21-14-27-26(41-16-42-27)13-20(21)29(30-22(32)15-40-34(30)38)19-11-25-31(28(12-19)39-2)36-24-9-4-3-8-23(24)35-25/h3-14,22,29-30,32H,15-16H2,1-2H3/t22-,29+,30-,32+/m0/s1. The van der Waals surface area contributed by atoms with Crippen molar-refractivity contribution >= 4 is 34.0 Å². The largest absolute Gasteiger partial charge is 0.494 e. The van der Waals surface area contributed by atoms with Crippen LogP contribution in [0.4, 0.5) is 0 Å². The third-order valence-electron chi connectivity index (χ3n) is 8.62. The fourth-order valence-electron chi connectivity index (χ4n) is 6.67. The third-order valence-corrected chi connectivity index (χ3v) is 8.62. The van der Waals surface area contributed by atoms with E-state index in [-0.39, 0.29) is 19.4 Å². The van der Waals surface area contributed by atoms with Gasteiger partial charge in [0, 0.05) is 17.4 Å². The molecule has 5 aromatic rings. The van der Waals surface area contributed by atoms with E-state index < -0.39 is 29.8 Å². The molecule has 0 saturated carbocycles. The summed E-state index contributed by atoms with van der Waals surface area (Å²) < 4.78 is 29.2. The highest BCUT2D eigenvalue weighted by atomic mass is 16.7. The number of carbonyl (C=O) groups is 2. The Morgan fingerprint density at radius 3 is 2.40 bits per heavy atom. The van der Waals surface area contributed by atoms with E-state index in [9.17, 15) is 9.59 Å².